The maximum Gasteiger partial charge on any atom is 0.323 e. The SMILES string of the molecule is O=C(Nc1ccc2c(c1)C(=O)c1ccccc1C2=O)Nc1ccc2c(c1)C(=O)c1ccccc1C2=O. The van der Waals surface area contributed by atoms with Crippen molar-refractivity contribution in [2.24, 2.45) is 0 Å². The summed E-state index contributed by atoms with van der Waals surface area (Å²) in [6.07, 6.45) is 0. The number of anilines is 2. The summed E-state index contributed by atoms with van der Waals surface area (Å²) >= 11 is 0. The molecule has 2 aliphatic rings. The van der Waals surface area contributed by atoms with Crippen molar-refractivity contribution in [3.05, 3.63) is 129 Å². The molecule has 2 aliphatic carbocycles. The summed E-state index contributed by atoms with van der Waals surface area (Å²) in [7, 11) is 0. The number of rotatable bonds is 2. The third-order valence-corrected chi connectivity index (χ3v) is 6.37. The lowest BCUT2D eigenvalue weighted by Crippen LogP contribution is -2.24. The number of hydrogen-bond acceptors (Lipinski definition) is 5. The number of hydrogen-bond donors (Lipinski definition) is 2. The molecule has 4 aromatic carbocycles. The summed E-state index contributed by atoms with van der Waals surface area (Å²) in [5.41, 5.74) is 3.01. The highest BCUT2D eigenvalue weighted by Crippen LogP contribution is 2.31. The van der Waals surface area contributed by atoms with Crippen LogP contribution < -0.4 is 10.6 Å². The first-order valence-corrected chi connectivity index (χ1v) is 11.2. The van der Waals surface area contributed by atoms with Crippen LogP contribution in [0.4, 0.5) is 16.2 Å². The monoisotopic (exact) mass is 472 g/mol. The predicted molar refractivity (Wildman–Crippen MR) is 132 cm³/mol. The first-order chi connectivity index (χ1) is 17.4. The highest BCUT2D eigenvalue weighted by Gasteiger charge is 2.31. The van der Waals surface area contributed by atoms with Gasteiger partial charge in [-0.3, -0.25) is 19.2 Å². The molecule has 7 nitrogen and oxygen atoms in total. The standard InChI is InChI=1S/C29H16N2O5/c32-25-17-5-1-3-7-19(17)27(34)23-13-15(9-11-21(23)25)30-29(36)31-16-10-12-22-24(14-16)28(35)20-8-4-2-6-18(20)26(22)33/h1-14H,(H2,30,31,36). The van der Waals surface area contributed by atoms with Crippen molar-refractivity contribution in [1.82, 2.24) is 0 Å². The van der Waals surface area contributed by atoms with E-state index in [0.29, 0.717) is 33.6 Å². The average Bonchev–Trinajstić information content (AvgIpc) is 2.90. The molecule has 0 saturated carbocycles. The van der Waals surface area contributed by atoms with Gasteiger partial charge in [0, 0.05) is 55.9 Å². The molecule has 0 fully saturated rings. The van der Waals surface area contributed by atoms with Crippen LogP contribution in [0.25, 0.3) is 0 Å². The van der Waals surface area contributed by atoms with Crippen LogP contribution in [-0.2, 0) is 0 Å². The van der Waals surface area contributed by atoms with E-state index in [1.165, 1.54) is 24.3 Å². The minimum atomic E-state index is -0.611. The fraction of sp³-hybridized carbons (Fsp3) is 0. The van der Waals surface area contributed by atoms with Crippen molar-refractivity contribution >= 4 is 40.5 Å². The second-order valence-corrected chi connectivity index (χ2v) is 8.51. The van der Waals surface area contributed by atoms with Crippen molar-refractivity contribution in [3.8, 4) is 0 Å². The van der Waals surface area contributed by atoms with Gasteiger partial charge < -0.3 is 10.6 Å². The fourth-order valence-corrected chi connectivity index (χ4v) is 4.65. The Morgan fingerprint density at radius 2 is 0.722 bits per heavy atom. The molecule has 2 amide bonds. The Morgan fingerprint density at radius 1 is 0.417 bits per heavy atom. The molecule has 0 spiro atoms. The van der Waals surface area contributed by atoms with Gasteiger partial charge >= 0.3 is 6.03 Å². The molecule has 0 aromatic heterocycles. The largest absolute Gasteiger partial charge is 0.323 e. The molecule has 0 bridgehead atoms. The minimum Gasteiger partial charge on any atom is -0.308 e. The first-order valence-electron chi connectivity index (χ1n) is 11.2. The van der Waals surface area contributed by atoms with E-state index in [0.717, 1.165) is 0 Å². The van der Waals surface area contributed by atoms with E-state index in [9.17, 15) is 24.0 Å². The van der Waals surface area contributed by atoms with Gasteiger partial charge in [0.05, 0.1) is 0 Å². The summed E-state index contributed by atoms with van der Waals surface area (Å²) in [4.78, 5) is 64.1. The van der Waals surface area contributed by atoms with Crippen molar-refractivity contribution < 1.29 is 24.0 Å². The number of fused-ring (bicyclic) bond motifs is 4. The van der Waals surface area contributed by atoms with E-state index < -0.39 is 6.03 Å². The van der Waals surface area contributed by atoms with Crippen molar-refractivity contribution in [2.45, 2.75) is 0 Å². The molecule has 0 saturated heterocycles. The van der Waals surface area contributed by atoms with Crippen molar-refractivity contribution in [1.29, 1.82) is 0 Å². The Labute approximate surface area is 204 Å². The van der Waals surface area contributed by atoms with Crippen LogP contribution in [-0.4, -0.2) is 29.2 Å². The molecule has 0 atom stereocenters. The average molecular weight is 472 g/mol. The van der Waals surface area contributed by atoms with Gasteiger partial charge in [0.1, 0.15) is 0 Å². The maximum absolute atomic E-state index is 12.9. The van der Waals surface area contributed by atoms with E-state index in [1.807, 2.05) is 0 Å². The number of nitrogens with one attached hydrogen (secondary N) is 2. The van der Waals surface area contributed by atoms with Crippen LogP contribution in [0.1, 0.15) is 63.7 Å². The van der Waals surface area contributed by atoms with Crippen LogP contribution in [0.2, 0.25) is 0 Å². The molecule has 36 heavy (non-hydrogen) atoms. The second-order valence-electron chi connectivity index (χ2n) is 8.51. The third-order valence-electron chi connectivity index (χ3n) is 6.37. The molecule has 6 rings (SSSR count). The van der Waals surface area contributed by atoms with E-state index in [-0.39, 0.29) is 45.4 Å². The first kappa shape index (κ1) is 21.4. The highest BCUT2D eigenvalue weighted by atomic mass is 16.2. The van der Waals surface area contributed by atoms with Crippen LogP contribution in [0, 0.1) is 0 Å². The Hall–Kier alpha value is -5.17. The van der Waals surface area contributed by atoms with Gasteiger partial charge in [-0.15, -0.1) is 0 Å². The van der Waals surface area contributed by atoms with Crippen LogP contribution >= 0.6 is 0 Å². The van der Waals surface area contributed by atoms with Gasteiger partial charge in [-0.05, 0) is 36.4 Å². The van der Waals surface area contributed by atoms with Gasteiger partial charge in [0.15, 0.2) is 23.1 Å². The molecule has 4 aromatic rings. The molecule has 172 valence electrons. The van der Waals surface area contributed by atoms with Gasteiger partial charge in [-0.25, -0.2) is 4.79 Å². The van der Waals surface area contributed by atoms with E-state index in [4.69, 9.17) is 0 Å². The molecule has 0 heterocycles. The van der Waals surface area contributed by atoms with Crippen molar-refractivity contribution in [3.63, 3.8) is 0 Å². The van der Waals surface area contributed by atoms with E-state index >= 15 is 0 Å². The zero-order chi connectivity index (χ0) is 25.0. The number of amides is 2. The number of benzene rings is 4. The maximum atomic E-state index is 12.9. The molecule has 0 aliphatic heterocycles. The molecule has 0 radical (unpaired) electrons. The number of urea groups is 1. The molecule has 0 unspecified atom stereocenters. The van der Waals surface area contributed by atoms with Gasteiger partial charge in [-0.1, -0.05) is 48.5 Å². The lowest BCUT2D eigenvalue weighted by molar-refractivity contribution is 0.0979. The highest BCUT2D eigenvalue weighted by molar-refractivity contribution is 6.29. The lowest BCUT2D eigenvalue weighted by Gasteiger charge is -2.19. The summed E-state index contributed by atoms with van der Waals surface area (Å²) in [5, 5.41) is 5.30. The number of carbonyl (C=O) groups excluding carboxylic acids is 5. The number of ketones is 4. The smallest absolute Gasteiger partial charge is 0.308 e. The van der Waals surface area contributed by atoms with Crippen LogP contribution in [0.15, 0.2) is 84.9 Å². The van der Waals surface area contributed by atoms with Crippen molar-refractivity contribution in [2.75, 3.05) is 10.6 Å². The fourth-order valence-electron chi connectivity index (χ4n) is 4.65. The third kappa shape index (κ3) is 3.25. The van der Waals surface area contributed by atoms with Crippen LogP contribution in [0.3, 0.4) is 0 Å². The predicted octanol–water partition coefficient (Wildman–Crippen LogP) is 4.88. The molecule has 7 heteroatoms. The summed E-state index contributed by atoms with van der Waals surface area (Å²) in [6, 6.07) is 21.7. The Balaban J connectivity index is 1.24. The van der Waals surface area contributed by atoms with Gasteiger partial charge in [0.2, 0.25) is 0 Å². The second kappa shape index (κ2) is 7.95. The zero-order valence-corrected chi connectivity index (χ0v) is 18.6. The van der Waals surface area contributed by atoms with Crippen LogP contribution in [0.5, 0.6) is 0 Å². The number of carbonyl (C=O) groups is 5. The summed E-state index contributed by atoms with van der Waals surface area (Å²) in [5.74, 6) is -1.07. The Kier molecular flexibility index (Phi) is 4.72. The minimum absolute atomic E-state index is 0.216. The summed E-state index contributed by atoms with van der Waals surface area (Å²) < 4.78 is 0. The lowest BCUT2D eigenvalue weighted by atomic mass is 9.84. The van der Waals surface area contributed by atoms with Gasteiger partial charge in [0.25, 0.3) is 0 Å². The molecular weight excluding hydrogens is 456 g/mol. The molecular formula is C29H16N2O5. The molecule has 2 N–H and O–H groups in total. The normalized spacial score (nSPS) is 13.3. The topological polar surface area (TPSA) is 109 Å². The Bertz CT molecular complexity index is 1560. The van der Waals surface area contributed by atoms with E-state index in [1.54, 1.807) is 60.7 Å². The van der Waals surface area contributed by atoms with E-state index in [2.05, 4.69) is 10.6 Å². The quantitative estimate of drug-likeness (QED) is 0.373. The summed E-state index contributed by atoms with van der Waals surface area (Å²) in [6.45, 7) is 0. The zero-order valence-electron chi connectivity index (χ0n) is 18.6. The van der Waals surface area contributed by atoms with Gasteiger partial charge in [-0.2, -0.15) is 0 Å². The Morgan fingerprint density at radius 3 is 1.08 bits per heavy atom.